The number of thiazole rings is 1. The lowest BCUT2D eigenvalue weighted by atomic mass is 10.2. The van der Waals surface area contributed by atoms with Gasteiger partial charge in [-0.05, 0) is 25.5 Å². The molecule has 2 heterocycles. The molecule has 21 heavy (non-hydrogen) atoms. The van der Waals surface area contributed by atoms with Crippen LogP contribution in [0.4, 0.5) is 0 Å². The van der Waals surface area contributed by atoms with Crippen LogP contribution in [0.1, 0.15) is 29.8 Å². The predicted octanol–water partition coefficient (Wildman–Crippen LogP) is 2.25. The summed E-state index contributed by atoms with van der Waals surface area (Å²) < 4.78 is 5.55. The molecule has 0 amide bonds. The summed E-state index contributed by atoms with van der Waals surface area (Å²) >= 11 is 3.73. The van der Waals surface area contributed by atoms with Crippen LogP contribution in [0.5, 0.6) is 0 Å². The van der Waals surface area contributed by atoms with Gasteiger partial charge in [-0.2, -0.15) is 11.8 Å². The van der Waals surface area contributed by atoms with Crippen LogP contribution >= 0.6 is 23.1 Å². The van der Waals surface area contributed by atoms with Gasteiger partial charge < -0.3 is 15.2 Å². The van der Waals surface area contributed by atoms with Crippen LogP contribution in [0.3, 0.4) is 0 Å². The maximum absolute atomic E-state index is 9.89. The summed E-state index contributed by atoms with van der Waals surface area (Å²) in [5.74, 6) is 1.29. The Morgan fingerprint density at radius 2 is 2.43 bits per heavy atom. The van der Waals surface area contributed by atoms with Crippen LogP contribution in [0.15, 0.2) is 5.51 Å². The fourth-order valence-corrected chi connectivity index (χ4v) is 4.42. The molecular weight excluding hydrogens is 304 g/mol. The molecule has 2 unspecified atom stereocenters. The second-order valence-electron chi connectivity index (χ2n) is 5.49. The summed E-state index contributed by atoms with van der Waals surface area (Å²) in [7, 11) is 0. The number of hydrogen-bond acceptors (Lipinski definition) is 6. The van der Waals surface area contributed by atoms with Gasteiger partial charge in [0.05, 0.1) is 30.5 Å². The van der Waals surface area contributed by atoms with Crippen LogP contribution in [-0.2, 0) is 11.2 Å². The minimum Gasteiger partial charge on any atom is -0.389 e. The van der Waals surface area contributed by atoms with Crippen molar-refractivity contribution in [2.45, 2.75) is 44.0 Å². The number of hydrogen-bond donors (Lipinski definition) is 2. The van der Waals surface area contributed by atoms with Gasteiger partial charge in [-0.3, -0.25) is 0 Å². The van der Waals surface area contributed by atoms with Gasteiger partial charge in [0.25, 0.3) is 0 Å². The number of nitrogens with one attached hydrogen (secondary N) is 1. The Morgan fingerprint density at radius 3 is 3.14 bits per heavy atom. The number of aliphatic hydroxyl groups excluding tert-OH is 1. The maximum Gasteiger partial charge on any atom is 0.0897 e. The molecule has 1 aromatic heterocycles. The Balaban J connectivity index is 1.47. The Labute approximate surface area is 135 Å². The van der Waals surface area contributed by atoms with Crippen molar-refractivity contribution in [2.75, 3.05) is 32.1 Å². The van der Waals surface area contributed by atoms with E-state index in [-0.39, 0.29) is 0 Å². The molecule has 1 aliphatic heterocycles. The average Bonchev–Trinajstić information content (AvgIpc) is 2.90. The molecule has 2 atom stereocenters. The Hall–Kier alpha value is -0.140. The first-order valence-corrected chi connectivity index (χ1v) is 9.65. The Morgan fingerprint density at radius 1 is 1.52 bits per heavy atom. The molecule has 4 nitrogen and oxygen atoms in total. The van der Waals surface area contributed by atoms with E-state index in [0.717, 1.165) is 23.9 Å². The van der Waals surface area contributed by atoms with Crippen molar-refractivity contribution < 1.29 is 9.84 Å². The minimum atomic E-state index is -0.416. The van der Waals surface area contributed by atoms with Crippen LogP contribution in [0.25, 0.3) is 0 Å². The third-order valence-corrected chi connectivity index (χ3v) is 6.05. The van der Waals surface area contributed by atoms with Gasteiger partial charge in [0.15, 0.2) is 0 Å². The molecule has 0 radical (unpaired) electrons. The van der Waals surface area contributed by atoms with Gasteiger partial charge in [0.2, 0.25) is 0 Å². The molecule has 0 aliphatic carbocycles. The van der Waals surface area contributed by atoms with Crippen LogP contribution in [0.2, 0.25) is 0 Å². The van der Waals surface area contributed by atoms with Crippen LogP contribution in [-0.4, -0.2) is 53.5 Å². The lowest BCUT2D eigenvalue weighted by Crippen LogP contribution is -2.35. The zero-order valence-electron chi connectivity index (χ0n) is 12.7. The highest BCUT2D eigenvalue weighted by atomic mass is 32.2. The molecular formula is C15H26N2O2S2. The predicted molar refractivity (Wildman–Crippen MR) is 90.3 cm³/mol. The first-order valence-electron chi connectivity index (χ1n) is 7.73. The normalized spacial score (nSPS) is 20.6. The largest absolute Gasteiger partial charge is 0.389 e. The number of aromatic nitrogens is 1. The molecule has 6 heteroatoms. The quantitative estimate of drug-likeness (QED) is 0.680. The monoisotopic (exact) mass is 330 g/mol. The van der Waals surface area contributed by atoms with Crippen molar-refractivity contribution in [3.8, 4) is 0 Å². The molecule has 0 aromatic carbocycles. The van der Waals surface area contributed by atoms with Crippen LogP contribution < -0.4 is 5.32 Å². The van der Waals surface area contributed by atoms with Crippen molar-refractivity contribution in [3.63, 3.8) is 0 Å². The van der Waals surface area contributed by atoms with E-state index in [1.807, 2.05) is 12.4 Å². The fourth-order valence-electron chi connectivity index (χ4n) is 2.39. The van der Waals surface area contributed by atoms with Crippen LogP contribution in [0, 0.1) is 6.92 Å². The third kappa shape index (κ3) is 6.65. The standard InChI is InChI=1S/C15H26N2O2S2/c1-12-15(21-11-17-12)5-6-19-10-13(18)8-16-9-14-4-2-3-7-20-14/h11,13-14,16,18H,2-10H2,1H3. The lowest BCUT2D eigenvalue weighted by molar-refractivity contribution is 0.0386. The number of ether oxygens (including phenoxy) is 1. The molecule has 1 aromatic rings. The second-order valence-corrected chi connectivity index (χ2v) is 7.83. The van der Waals surface area contributed by atoms with Crippen molar-refractivity contribution >= 4 is 23.1 Å². The van der Waals surface area contributed by atoms with Crippen molar-refractivity contribution in [3.05, 3.63) is 16.1 Å². The number of aliphatic hydroxyl groups is 1. The zero-order valence-corrected chi connectivity index (χ0v) is 14.3. The fraction of sp³-hybridized carbons (Fsp3) is 0.800. The van der Waals surface area contributed by atoms with Gasteiger partial charge >= 0.3 is 0 Å². The topological polar surface area (TPSA) is 54.4 Å². The number of rotatable bonds is 9. The van der Waals surface area contributed by atoms with E-state index in [2.05, 4.69) is 22.1 Å². The molecule has 1 aliphatic rings. The highest BCUT2D eigenvalue weighted by Crippen LogP contribution is 2.24. The van der Waals surface area contributed by atoms with Crippen molar-refractivity contribution in [2.24, 2.45) is 0 Å². The molecule has 1 fully saturated rings. The number of thioether (sulfide) groups is 1. The molecule has 2 N–H and O–H groups in total. The van der Waals surface area contributed by atoms with Gasteiger partial charge in [0, 0.05) is 29.6 Å². The maximum atomic E-state index is 9.89. The van der Waals surface area contributed by atoms with Crippen molar-refractivity contribution in [1.29, 1.82) is 0 Å². The highest BCUT2D eigenvalue weighted by Gasteiger charge is 2.14. The van der Waals surface area contributed by atoms with E-state index in [4.69, 9.17) is 4.74 Å². The third-order valence-electron chi connectivity index (χ3n) is 3.65. The summed E-state index contributed by atoms with van der Waals surface area (Å²) in [6.45, 7) is 4.70. The van der Waals surface area contributed by atoms with Gasteiger partial charge in [0.1, 0.15) is 0 Å². The van der Waals surface area contributed by atoms with Crippen molar-refractivity contribution in [1.82, 2.24) is 10.3 Å². The molecule has 0 bridgehead atoms. The average molecular weight is 331 g/mol. The van der Waals surface area contributed by atoms with E-state index >= 15 is 0 Å². The Kier molecular flexibility index (Phi) is 8.03. The molecule has 0 spiro atoms. The summed E-state index contributed by atoms with van der Waals surface area (Å²) in [6.07, 6.45) is 4.48. The second kappa shape index (κ2) is 9.79. The number of nitrogens with zero attached hydrogens (tertiary/aromatic N) is 1. The Bertz CT molecular complexity index is 395. The summed E-state index contributed by atoms with van der Waals surface area (Å²) in [6, 6.07) is 0. The van der Waals surface area contributed by atoms with E-state index in [9.17, 15) is 5.11 Å². The minimum absolute atomic E-state index is 0.405. The highest BCUT2D eigenvalue weighted by molar-refractivity contribution is 7.99. The first-order chi connectivity index (χ1) is 10.3. The van der Waals surface area contributed by atoms with E-state index in [1.54, 1.807) is 11.3 Å². The first kappa shape index (κ1) is 17.2. The zero-order chi connectivity index (χ0) is 14.9. The van der Waals surface area contributed by atoms with E-state index < -0.39 is 6.10 Å². The molecule has 2 rings (SSSR count). The molecule has 120 valence electrons. The lowest BCUT2D eigenvalue weighted by Gasteiger charge is -2.22. The molecule has 1 saturated heterocycles. The van der Waals surface area contributed by atoms with Gasteiger partial charge in [-0.25, -0.2) is 4.98 Å². The summed E-state index contributed by atoms with van der Waals surface area (Å²) in [4.78, 5) is 5.49. The smallest absolute Gasteiger partial charge is 0.0897 e. The summed E-state index contributed by atoms with van der Waals surface area (Å²) in [5, 5.41) is 14.0. The van der Waals surface area contributed by atoms with Gasteiger partial charge in [-0.1, -0.05) is 6.42 Å². The SMILES string of the molecule is Cc1ncsc1CCOCC(O)CNCC1CCCCS1. The number of aryl methyl sites for hydroxylation is 1. The van der Waals surface area contributed by atoms with E-state index in [1.165, 1.54) is 29.9 Å². The van der Waals surface area contributed by atoms with E-state index in [0.29, 0.717) is 19.8 Å². The molecule has 0 saturated carbocycles. The van der Waals surface area contributed by atoms with Gasteiger partial charge in [-0.15, -0.1) is 11.3 Å². The summed E-state index contributed by atoms with van der Waals surface area (Å²) in [5.41, 5.74) is 2.96.